The summed E-state index contributed by atoms with van der Waals surface area (Å²) in [6.45, 7) is 0.0910. The van der Waals surface area contributed by atoms with Gasteiger partial charge in [-0.1, -0.05) is 24.6 Å². The molecule has 0 saturated heterocycles. The van der Waals surface area contributed by atoms with Gasteiger partial charge in [0.25, 0.3) is 0 Å². The molecule has 1 aromatic carbocycles. The molecule has 2 aromatic rings. The highest BCUT2D eigenvalue weighted by atomic mass is 16.2. The SMILES string of the molecule is N#Cc1cnn(-c2ccccc2)c1NC(=O)CN[C@@H]1CCC[C@@H]1C#N. The van der Waals surface area contributed by atoms with Gasteiger partial charge in [-0.15, -0.1) is 0 Å². The molecule has 126 valence electrons. The van der Waals surface area contributed by atoms with Gasteiger partial charge in [0, 0.05) is 6.04 Å². The van der Waals surface area contributed by atoms with Gasteiger partial charge >= 0.3 is 0 Å². The molecular weight excluding hydrogens is 316 g/mol. The van der Waals surface area contributed by atoms with Crippen LogP contribution in [0.5, 0.6) is 0 Å². The van der Waals surface area contributed by atoms with Crippen molar-refractivity contribution in [2.24, 2.45) is 5.92 Å². The van der Waals surface area contributed by atoms with Gasteiger partial charge in [-0.25, -0.2) is 4.68 Å². The van der Waals surface area contributed by atoms with E-state index >= 15 is 0 Å². The molecule has 0 aliphatic heterocycles. The fourth-order valence-electron chi connectivity index (χ4n) is 3.07. The summed E-state index contributed by atoms with van der Waals surface area (Å²) in [5.41, 5.74) is 1.06. The highest BCUT2D eigenvalue weighted by Gasteiger charge is 2.27. The normalized spacial score (nSPS) is 19.1. The summed E-state index contributed by atoms with van der Waals surface area (Å²) in [6, 6.07) is 13.7. The van der Waals surface area contributed by atoms with Crippen LogP contribution in [0.2, 0.25) is 0 Å². The summed E-state index contributed by atoms with van der Waals surface area (Å²) in [4.78, 5) is 12.3. The van der Waals surface area contributed by atoms with Gasteiger partial charge in [0.15, 0.2) is 5.82 Å². The number of anilines is 1. The lowest BCUT2D eigenvalue weighted by molar-refractivity contribution is -0.115. The Kier molecular flexibility index (Phi) is 5.08. The molecule has 7 heteroatoms. The van der Waals surface area contributed by atoms with Crippen LogP contribution in [-0.2, 0) is 4.79 Å². The van der Waals surface area contributed by atoms with E-state index in [0.717, 1.165) is 24.9 Å². The second kappa shape index (κ2) is 7.61. The molecule has 0 spiro atoms. The Morgan fingerprint density at radius 1 is 1.28 bits per heavy atom. The van der Waals surface area contributed by atoms with Crippen LogP contribution in [0.3, 0.4) is 0 Å². The first-order chi connectivity index (χ1) is 12.2. The van der Waals surface area contributed by atoms with Gasteiger partial charge in [0.1, 0.15) is 11.6 Å². The van der Waals surface area contributed by atoms with E-state index in [1.54, 1.807) is 0 Å². The molecule has 0 bridgehead atoms. The van der Waals surface area contributed by atoms with Crippen molar-refractivity contribution < 1.29 is 4.79 Å². The van der Waals surface area contributed by atoms with Crippen LogP contribution >= 0.6 is 0 Å². The average Bonchev–Trinajstić information content (AvgIpc) is 3.26. The number of carbonyl (C=O) groups is 1. The number of nitriles is 2. The maximum absolute atomic E-state index is 12.3. The van der Waals surface area contributed by atoms with E-state index in [9.17, 15) is 10.1 Å². The topological polar surface area (TPSA) is 107 Å². The zero-order chi connectivity index (χ0) is 17.6. The number of rotatable bonds is 5. The zero-order valence-electron chi connectivity index (χ0n) is 13.6. The number of nitrogens with one attached hydrogen (secondary N) is 2. The lowest BCUT2D eigenvalue weighted by atomic mass is 10.1. The molecule has 1 amide bonds. The number of para-hydroxylation sites is 1. The van der Waals surface area contributed by atoms with E-state index in [1.165, 1.54) is 10.9 Å². The van der Waals surface area contributed by atoms with Crippen molar-refractivity contribution in [3.8, 4) is 17.8 Å². The fourth-order valence-corrected chi connectivity index (χ4v) is 3.07. The molecule has 1 aliphatic rings. The summed E-state index contributed by atoms with van der Waals surface area (Å²) in [7, 11) is 0. The molecule has 1 heterocycles. The number of amides is 1. The number of aromatic nitrogens is 2. The van der Waals surface area contributed by atoms with Crippen molar-refractivity contribution in [2.75, 3.05) is 11.9 Å². The summed E-state index contributed by atoms with van der Waals surface area (Å²) in [6.07, 6.45) is 4.20. The highest BCUT2D eigenvalue weighted by Crippen LogP contribution is 2.24. The average molecular weight is 334 g/mol. The second-order valence-electron chi connectivity index (χ2n) is 5.97. The standard InChI is InChI=1S/C18H18N6O/c19-9-13-5-4-8-16(13)21-12-17(25)23-18-14(10-20)11-22-24(18)15-6-2-1-3-7-15/h1-3,6-7,11,13,16,21H,4-5,8,12H2,(H,23,25)/t13-,16-/m1/s1. The van der Waals surface area contributed by atoms with Crippen molar-refractivity contribution in [3.05, 3.63) is 42.1 Å². The van der Waals surface area contributed by atoms with Crippen LogP contribution < -0.4 is 10.6 Å². The van der Waals surface area contributed by atoms with E-state index < -0.39 is 0 Å². The number of hydrogen-bond donors (Lipinski definition) is 2. The number of nitrogens with zero attached hydrogens (tertiary/aromatic N) is 4. The minimum Gasteiger partial charge on any atom is -0.308 e. The summed E-state index contributed by atoms with van der Waals surface area (Å²) in [5.74, 6) is 0.0406. The van der Waals surface area contributed by atoms with E-state index in [-0.39, 0.29) is 24.4 Å². The summed E-state index contributed by atoms with van der Waals surface area (Å²) < 4.78 is 1.53. The monoisotopic (exact) mass is 334 g/mol. The van der Waals surface area contributed by atoms with Crippen LogP contribution in [0.4, 0.5) is 5.82 Å². The minimum atomic E-state index is -0.266. The van der Waals surface area contributed by atoms with Crippen LogP contribution in [0.1, 0.15) is 24.8 Å². The number of carbonyl (C=O) groups excluding carboxylic acids is 1. The molecule has 0 unspecified atom stereocenters. The first-order valence-electron chi connectivity index (χ1n) is 8.19. The predicted octanol–water partition coefficient (Wildman–Crippen LogP) is 1.96. The number of benzene rings is 1. The van der Waals surface area contributed by atoms with Gasteiger partial charge in [-0.2, -0.15) is 15.6 Å². The van der Waals surface area contributed by atoms with Crippen LogP contribution in [-0.4, -0.2) is 28.3 Å². The Labute approximate surface area is 145 Å². The van der Waals surface area contributed by atoms with Gasteiger partial charge in [0.2, 0.25) is 5.91 Å². The third-order valence-electron chi connectivity index (χ3n) is 4.35. The Morgan fingerprint density at radius 2 is 2.08 bits per heavy atom. The first kappa shape index (κ1) is 16.7. The molecule has 0 radical (unpaired) electrons. The Hall–Kier alpha value is -3.16. The molecule has 2 atom stereocenters. The lowest BCUT2D eigenvalue weighted by Crippen LogP contribution is -2.38. The second-order valence-corrected chi connectivity index (χ2v) is 5.97. The van der Waals surface area contributed by atoms with Gasteiger partial charge in [-0.3, -0.25) is 4.79 Å². The summed E-state index contributed by atoms with van der Waals surface area (Å²) in [5, 5.41) is 28.4. The van der Waals surface area contributed by atoms with Crippen molar-refractivity contribution in [2.45, 2.75) is 25.3 Å². The van der Waals surface area contributed by atoms with Gasteiger partial charge in [-0.05, 0) is 25.0 Å². The molecular formula is C18H18N6O. The van der Waals surface area contributed by atoms with Gasteiger partial charge < -0.3 is 10.6 Å². The molecule has 1 fully saturated rings. The Bertz CT molecular complexity index is 829. The van der Waals surface area contributed by atoms with Crippen molar-refractivity contribution in [3.63, 3.8) is 0 Å². The lowest BCUT2D eigenvalue weighted by Gasteiger charge is -2.15. The molecule has 2 N–H and O–H groups in total. The molecule has 1 saturated carbocycles. The maximum atomic E-state index is 12.3. The summed E-state index contributed by atoms with van der Waals surface area (Å²) >= 11 is 0. The van der Waals surface area contributed by atoms with E-state index in [0.29, 0.717) is 11.4 Å². The Morgan fingerprint density at radius 3 is 2.80 bits per heavy atom. The molecule has 7 nitrogen and oxygen atoms in total. The van der Waals surface area contributed by atoms with Crippen LogP contribution in [0.15, 0.2) is 36.5 Å². The fraction of sp³-hybridized carbons (Fsp3) is 0.333. The quantitative estimate of drug-likeness (QED) is 0.869. The highest BCUT2D eigenvalue weighted by molar-refractivity contribution is 5.93. The zero-order valence-corrected chi connectivity index (χ0v) is 13.6. The van der Waals surface area contributed by atoms with E-state index in [1.807, 2.05) is 36.4 Å². The van der Waals surface area contributed by atoms with Crippen LogP contribution in [0, 0.1) is 28.6 Å². The third-order valence-corrected chi connectivity index (χ3v) is 4.35. The first-order valence-corrected chi connectivity index (χ1v) is 8.19. The van der Waals surface area contributed by atoms with Gasteiger partial charge in [0.05, 0.1) is 30.4 Å². The molecule has 3 rings (SSSR count). The smallest absolute Gasteiger partial charge is 0.239 e. The molecule has 25 heavy (non-hydrogen) atoms. The molecule has 1 aromatic heterocycles. The minimum absolute atomic E-state index is 0.0442. The van der Waals surface area contributed by atoms with Crippen molar-refractivity contribution in [1.82, 2.24) is 15.1 Å². The van der Waals surface area contributed by atoms with E-state index in [2.05, 4.69) is 21.8 Å². The molecule has 1 aliphatic carbocycles. The number of hydrogen-bond acceptors (Lipinski definition) is 5. The predicted molar refractivity (Wildman–Crippen MR) is 91.7 cm³/mol. The Balaban J connectivity index is 1.70. The third kappa shape index (κ3) is 3.68. The maximum Gasteiger partial charge on any atom is 0.239 e. The van der Waals surface area contributed by atoms with Crippen LogP contribution in [0.25, 0.3) is 5.69 Å². The largest absolute Gasteiger partial charge is 0.308 e. The van der Waals surface area contributed by atoms with Crippen molar-refractivity contribution in [1.29, 1.82) is 10.5 Å². The van der Waals surface area contributed by atoms with E-state index in [4.69, 9.17) is 5.26 Å². The van der Waals surface area contributed by atoms with Crippen molar-refractivity contribution >= 4 is 11.7 Å².